The van der Waals surface area contributed by atoms with Crippen LogP contribution in [0.2, 0.25) is 0 Å². The molecule has 0 aliphatic heterocycles. The Labute approximate surface area is 121 Å². The third-order valence-corrected chi connectivity index (χ3v) is 3.52. The van der Waals surface area contributed by atoms with Crippen molar-refractivity contribution in [2.45, 2.75) is 20.3 Å². The summed E-state index contributed by atoms with van der Waals surface area (Å²) < 4.78 is 13.5. The second-order valence-electron chi connectivity index (χ2n) is 4.89. The molecule has 1 aromatic carbocycles. The number of amides is 1. The van der Waals surface area contributed by atoms with E-state index in [1.54, 1.807) is 12.1 Å². The molecular formula is C14H19BrFNO2. The van der Waals surface area contributed by atoms with Gasteiger partial charge in [-0.15, -0.1) is 0 Å². The van der Waals surface area contributed by atoms with Gasteiger partial charge in [0.2, 0.25) is 5.91 Å². The minimum absolute atomic E-state index is 0.0520. The number of carbonyl (C=O) groups is 1. The fourth-order valence-corrected chi connectivity index (χ4v) is 2.05. The first-order valence-electron chi connectivity index (χ1n) is 6.26. The normalized spacial score (nSPS) is 13.9. The minimum atomic E-state index is -0.308. The lowest BCUT2D eigenvalue weighted by molar-refractivity contribution is -0.124. The van der Waals surface area contributed by atoms with Crippen molar-refractivity contribution < 1.29 is 14.3 Å². The fourth-order valence-electron chi connectivity index (χ4n) is 1.63. The Hall–Kier alpha value is -0.940. The van der Waals surface area contributed by atoms with Crippen LogP contribution in [-0.4, -0.2) is 24.2 Å². The average Bonchev–Trinajstić information content (AvgIpc) is 2.39. The third kappa shape index (κ3) is 5.28. The number of rotatable bonds is 6. The van der Waals surface area contributed by atoms with Crippen LogP contribution in [0.1, 0.15) is 19.4 Å². The summed E-state index contributed by atoms with van der Waals surface area (Å²) in [4.78, 5) is 11.8. The Morgan fingerprint density at radius 3 is 2.74 bits per heavy atom. The number of benzene rings is 1. The van der Waals surface area contributed by atoms with E-state index in [1.807, 2.05) is 13.8 Å². The van der Waals surface area contributed by atoms with Gasteiger partial charge < -0.3 is 10.4 Å². The highest BCUT2D eigenvalue weighted by molar-refractivity contribution is 9.10. The molecule has 1 amide bonds. The Kier molecular flexibility index (Phi) is 6.45. The minimum Gasteiger partial charge on any atom is -0.396 e. The maximum atomic E-state index is 13.1. The lowest BCUT2D eigenvalue weighted by atomic mass is 10.00. The van der Waals surface area contributed by atoms with Crippen molar-refractivity contribution in [3.8, 4) is 0 Å². The summed E-state index contributed by atoms with van der Waals surface area (Å²) in [6.07, 6.45) is 0.554. The molecule has 0 bridgehead atoms. The first-order chi connectivity index (χ1) is 8.93. The second kappa shape index (κ2) is 7.60. The molecule has 3 nitrogen and oxygen atoms in total. The summed E-state index contributed by atoms with van der Waals surface area (Å²) in [7, 11) is 0. The van der Waals surface area contributed by atoms with Crippen LogP contribution in [0.3, 0.4) is 0 Å². The number of aliphatic hydroxyl groups excluding tert-OH is 1. The summed E-state index contributed by atoms with van der Waals surface area (Å²) >= 11 is 3.13. The molecule has 1 rings (SSSR count). The van der Waals surface area contributed by atoms with Crippen molar-refractivity contribution in [1.82, 2.24) is 5.32 Å². The molecule has 0 aliphatic carbocycles. The Balaban J connectivity index is 2.51. The zero-order valence-electron chi connectivity index (χ0n) is 11.1. The molecule has 1 aromatic rings. The lowest BCUT2D eigenvalue weighted by Gasteiger charge is -2.14. The summed E-state index contributed by atoms with van der Waals surface area (Å²) in [6, 6.07) is 4.76. The quantitative estimate of drug-likeness (QED) is 0.841. The molecule has 2 atom stereocenters. The van der Waals surface area contributed by atoms with E-state index < -0.39 is 0 Å². The number of hydrogen-bond donors (Lipinski definition) is 2. The van der Waals surface area contributed by atoms with Crippen LogP contribution in [0, 0.1) is 17.7 Å². The van der Waals surface area contributed by atoms with E-state index >= 15 is 0 Å². The van der Waals surface area contributed by atoms with E-state index in [0.717, 1.165) is 5.56 Å². The molecule has 0 saturated heterocycles. The SMILES string of the molecule is CC(CO)CNC(=O)C(C)Cc1ccc(F)c(Br)c1. The van der Waals surface area contributed by atoms with Crippen molar-refractivity contribution in [2.75, 3.05) is 13.2 Å². The van der Waals surface area contributed by atoms with Crippen molar-refractivity contribution in [1.29, 1.82) is 0 Å². The van der Waals surface area contributed by atoms with Gasteiger partial charge in [-0.1, -0.05) is 19.9 Å². The predicted molar refractivity (Wildman–Crippen MR) is 76.2 cm³/mol. The molecule has 2 N–H and O–H groups in total. The number of nitrogens with one attached hydrogen (secondary N) is 1. The predicted octanol–water partition coefficient (Wildman–Crippen LogP) is 2.51. The Morgan fingerprint density at radius 2 is 2.16 bits per heavy atom. The Bertz CT molecular complexity index is 439. The van der Waals surface area contributed by atoms with Gasteiger partial charge in [-0.25, -0.2) is 4.39 Å². The summed E-state index contributed by atoms with van der Waals surface area (Å²) in [5.74, 6) is -0.502. The van der Waals surface area contributed by atoms with E-state index in [9.17, 15) is 9.18 Å². The molecule has 0 spiro atoms. The highest BCUT2D eigenvalue weighted by Crippen LogP contribution is 2.19. The van der Waals surface area contributed by atoms with Crippen molar-refractivity contribution >= 4 is 21.8 Å². The van der Waals surface area contributed by atoms with Gasteiger partial charge in [-0.05, 0) is 46.0 Å². The van der Waals surface area contributed by atoms with Gasteiger partial charge in [0.25, 0.3) is 0 Å². The van der Waals surface area contributed by atoms with Crippen LogP contribution in [0.25, 0.3) is 0 Å². The van der Waals surface area contributed by atoms with Crippen LogP contribution in [0.5, 0.6) is 0 Å². The first-order valence-corrected chi connectivity index (χ1v) is 7.05. The Morgan fingerprint density at radius 1 is 1.47 bits per heavy atom. The molecule has 19 heavy (non-hydrogen) atoms. The zero-order valence-corrected chi connectivity index (χ0v) is 12.7. The molecule has 0 heterocycles. The molecule has 2 unspecified atom stereocenters. The third-order valence-electron chi connectivity index (χ3n) is 2.91. The van der Waals surface area contributed by atoms with E-state index in [-0.39, 0.29) is 30.2 Å². The average molecular weight is 332 g/mol. The summed E-state index contributed by atoms with van der Waals surface area (Å²) in [5, 5.41) is 11.7. The first kappa shape index (κ1) is 16.1. The van der Waals surface area contributed by atoms with Gasteiger partial charge in [0.05, 0.1) is 4.47 Å². The van der Waals surface area contributed by atoms with E-state index in [4.69, 9.17) is 5.11 Å². The van der Waals surface area contributed by atoms with Crippen LogP contribution in [0.4, 0.5) is 4.39 Å². The maximum Gasteiger partial charge on any atom is 0.223 e. The molecule has 0 fully saturated rings. The van der Waals surface area contributed by atoms with E-state index in [1.165, 1.54) is 6.07 Å². The van der Waals surface area contributed by atoms with Crippen LogP contribution < -0.4 is 5.32 Å². The summed E-state index contributed by atoms with van der Waals surface area (Å²) in [5.41, 5.74) is 0.908. The van der Waals surface area contributed by atoms with Crippen molar-refractivity contribution in [3.05, 3.63) is 34.1 Å². The van der Waals surface area contributed by atoms with Crippen molar-refractivity contribution in [2.24, 2.45) is 11.8 Å². The molecule has 0 saturated carbocycles. The van der Waals surface area contributed by atoms with Gasteiger partial charge in [0, 0.05) is 19.1 Å². The van der Waals surface area contributed by atoms with Gasteiger partial charge >= 0.3 is 0 Å². The second-order valence-corrected chi connectivity index (χ2v) is 5.74. The number of carbonyl (C=O) groups excluding carboxylic acids is 1. The largest absolute Gasteiger partial charge is 0.396 e. The van der Waals surface area contributed by atoms with Crippen LogP contribution in [0.15, 0.2) is 22.7 Å². The standard InChI is InChI=1S/C14H19BrFNO2/c1-9(8-18)7-17-14(19)10(2)5-11-3-4-13(16)12(15)6-11/h3-4,6,9-10,18H,5,7-8H2,1-2H3,(H,17,19). The van der Waals surface area contributed by atoms with Gasteiger partial charge in [-0.2, -0.15) is 0 Å². The highest BCUT2D eigenvalue weighted by atomic mass is 79.9. The van der Waals surface area contributed by atoms with E-state index in [2.05, 4.69) is 21.2 Å². The number of aliphatic hydroxyl groups is 1. The smallest absolute Gasteiger partial charge is 0.223 e. The van der Waals surface area contributed by atoms with Crippen molar-refractivity contribution in [3.63, 3.8) is 0 Å². The van der Waals surface area contributed by atoms with Crippen LogP contribution in [-0.2, 0) is 11.2 Å². The highest BCUT2D eigenvalue weighted by Gasteiger charge is 2.14. The van der Waals surface area contributed by atoms with E-state index in [0.29, 0.717) is 17.4 Å². The number of halogens is 2. The fraction of sp³-hybridized carbons (Fsp3) is 0.500. The molecular weight excluding hydrogens is 313 g/mol. The topological polar surface area (TPSA) is 49.3 Å². The van der Waals surface area contributed by atoms with Gasteiger partial charge in [0.15, 0.2) is 0 Å². The zero-order chi connectivity index (χ0) is 14.4. The summed E-state index contributed by atoms with van der Waals surface area (Å²) in [6.45, 7) is 4.21. The number of hydrogen-bond acceptors (Lipinski definition) is 2. The monoisotopic (exact) mass is 331 g/mol. The molecule has 0 aliphatic rings. The molecule has 0 radical (unpaired) electrons. The van der Waals surface area contributed by atoms with Crippen LogP contribution >= 0.6 is 15.9 Å². The molecule has 106 valence electrons. The van der Waals surface area contributed by atoms with Gasteiger partial charge in [-0.3, -0.25) is 4.79 Å². The lowest BCUT2D eigenvalue weighted by Crippen LogP contribution is -2.34. The van der Waals surface area contributed by atoms with Gasteiger partial charge in [0.1, 0.15) is 5.82 Å². The molecule has 0 aromatic heterocycles. The maximum absolute atomic E-state index is 13.1. The molecule has 5 heteroatoms.